The maximum Gasteiger partial charge on any atom is 0.159 e. The Labute approximate surface area is 148 Å². The minimum Gasteiger partial charge on any atom is -0.295 e. The summed E-state index contributed by atoms with van der Waals surface area (Å²) in [6.45, 7) is 8.05. The van der Waals surface area contributed by atoms with Gasteiger partial charge in [-0.15, -0.1) is 0 Å². The molecule has 0 radical (unpaired) electrons. The molecule has 2 aromatic carbocycles. The predicted molar refractivity (Wildman–Crippen MR) is 103 cm³/mol. The van der Waals surface area contributed by atoms with Crippen LogP contribution < -0.4 is 0 Å². The number of rotatable bonds is 4. The summed E-state index contributed by atoms with van der Waals surface area (Å²) >= 11 is 0. The summed E-state index contributed by atoms with van der Waals surface area (Å²) in [6, 6.07) is 12.7. The molecule has 0 atom stereocenters. The van der Waals surface area contributed by atoms with Crippen LogP contribution in [0, 0.1) is 11.7 Å². The number of benzene rings is 2. The molecular weight excluding hydrogens is 311 g/mol. The molecular formula is C23H23FO. The molecule has 1 aliphatic rings. The molecule has 1 nitrogen and oxygen atoms in total. The van der Waals surface area contributed by atoms with Crippen LogP contribution in [0.15, 0.2) is 48.0 Å². The van der Waals surface area contributed by atoms with E-state index in [4.69, 9.17) is 0 Å². The lowest BCUT2D eigenvalue weighted by molar-refractivity contribution is 0.101. The van der Waals surface area contributed by atoms with E-state index in [2.05, 4.69) is 26.8 Å². The summed E-state index contributed by atoms with van der Waals surface area (Å²) in [5.74, 6) is 0.381. The van der Waals surface area contributed by atoms with Crippen molar-refractivity contribution in [3.8, 4) is 0 Å². The molecule has 1 aliphatic carbocycles. The van der Waals surface area contributed by atoms with Crippen LogP contribution in [0.25, 0.3) is 17.2 Å². The predicted octanol–water partition coefficient (Wildman–Crippen LogP) is 6.40. The molecule has 0 fully saturated rings. The lowest BCUT2D eigenvalue weighted by Crippen LogP contribution is -1.92. The zero-order valence-electron chi connectivity index (χ0n) is 15.2. The van der Waals surface area contributed by atoms with Gasteiger partial charge in [0, 0.05) is 5.56 Å². The van der Waals surface area contributed by atoms with E-state index < -0.39 is 0 Å². The van der Waals surface area contributed by atoms with Gasteiger partial charge >= 0.3 is 0 Å². The van der Waals surface area contributed by atoms with Crippen LogP contribution in [0.3, 0.4) is 0 Å². The number of carbonyl (C=O) groups excluding carboxylic acids is 1. The smallest absolute Gasteiger partial charge is 0.159 e. The molecule has 0 heterocycles. The molecule has 3 rings (SSSR count). The van der Waals surface area contributed by atoms with E-state index in [1.165, 1.54) is 17.2 Å². The third kappa shape index (κ3) is 3.48. The quantitative estimate of drug-likeness (QED) is 0.591. The highest BCUT2D eigenvalue weighted by Crippen LogP contribution is 2.44. The molecule has 0 bridgehead atoms. The van der Waals surface area contributed by atoms with Gasteiger partial charge in [-0.2, -0.15) is 0 Å². The third-order valence-corrected chi connectivity index (χ3v) is 4.69. The van der Waals surface area contributed by atoms with Gasteiger partial charge in [0.2, 0.25) is 0 Å². The van der Waals surface area contributed by atoms with Gasteiger partial charge in [0.25, 0.3) is 0 Å². The Balaban J connectivity index is 2.09. The first-order chi connectivity index (χ1) is 11.9. The number of carbonyl (C=O) groups is 1. The number of halogens is 1. The Kier molecular flexibility index (Phi) is 4.71. The highest BCUT2D eigenvalue weighted by molar-refractivity contribution is 6.05. The molecule has 2 aromatic rings. The number of hydrogen-bond acceptors (Lipinski definition) is 1. The highest BCUT2D eigenvalue weighted by Gasteiger charge is 2.24. The minimum absolute atomic E-state index is 0.0659. The Morgan fingerprint density at radius 1 is 1.08 bits per heavy atom. The first kappa shape index (κ1) is 17.3. The molecule has 0 spiro atoms. The summed E-state index contributed by atoms with van der Waals surface area (Å²) in [6.07, 6.45) is 3.06. The molecule has 128 valence electrons. The van der Waals surface area contributed by atoms with Crippen LogP contribution in [0.1, 0.15) is 61.2 Å². The molecule has 0 saturated heterocycles. The normalized spacial score (nSPS) is 15.2. The fraction of sp³-hybridized carbons (Fsp3) is 0.261. The lowest BCUT2D eigenvalue weighted by atomic mass is 9.96. The summed E-state index contributed by atoms with van der Waals surface area (Å²) in [5, 5.41) is 0. The van der Waals surface area contributed by atoms with Crippen molar-refractivity contribution in [2.45, 2.75) is 34.1 Å². The number of Topliss-reactive ketones (excluding diaryl/α,β-unsaturated/α-hetero) is 1. The van der Waals surface area contributed by atoms with Crippen LogP contribution in [0.2, 0.25) is 0 Å². The van der Waals surface area contributed by atoms with Crippen LogP contribution in [0.4, 0.5) is 4.39 Å². The van der Waals surface area contributed by atoms with Crippen LogP contribution >= 0.6 is 0 Å². The fourth-order valence-corrected chi connectivity index (χ4v) is 3.41. The van der Waals surface area contributed by atoms with Crippen LogP contribution in [0.5, 0.6) is 0 Å². The van der Waals surface area contributed by atoms with E-state index in [0.29, 0.717) is 11.5 Å². The third-order valence-electron chi connectivity index (χ3n) is 4.69. The van der Waals surface area contributed by atoms with Crippen molar-refractivity contribution >= 4 is 23.0 Å². The summed E-state index contributed by atoms with van der Waals surface area (Å²) in [4.78, 5) is 11.4. The van der Waals surface area contributed by atoms with Gasteiger partial charge in [-0.1, -0.05) is 44.2 Å². The topological polar surface area (TPSA) is 17.1 Å². The monoisotopic (exact) mass is 334 g/mol. The minimum atomic E-state index is -0.195. The Hall–Kier alpha value is -2.48. The largest absolute Gasteiger partial charge is 0.295 e. The molecule has 0 saturated carbocycles. The SMILES string of the molecule is CC(=O)c1ccc(/C=C2/C(C)=C(CC(C)C)c3cc(F)ccc32)cc1. The van der Waals surface area contributed by atoms with E-state index >= 15 is 0 Å². The number of hydrogen-bond donors (Lipinski definition) is 0. The average molecular weight is 334 g/mol. The van der Waals surface area contributed by atoms with Crippen molar-refractivity contribution in [1.29, 1.82) is 0 Å². The van der Waals surface area contributed by atoms with E-state index in [9.17, 15) is 9.18 Å². The summed E-state index contributed by atoms with van der Waals surface area (Å²) in [7, 11) is 0. The second kappa shape index (κ2) is 6.79. The molecule has 0 amide bonds. The summed E-state index contributed by atoms with van der Waals surface area (Å²) < 4.78 is 13.8. The molecule has 25 heavy (non-hydrogen) atoms. The van der Waals surface area contributed by atoms with E-state index in [0.717, 1.165) is 28.7 Å². The zero-order valence-corrected chi connectivity index (χ0v) is 15.2. The van der Waals surface area contributed by atoms with Gasteiger partial charge in [0.1, 0.15) is 5.82 Å². The number of allylic oxidation sites excluding steroid dienone is 3. The Morgan fingerprint density at radius 3 is 2.36 bits per heavy atom. The molecule has 0 unspecified atom stereocenters. The summed E-state index contributed by atoms with van der Waals surface area (Å²) in [5.41, 5.74) is 7.44. The zero-order chi connectivity index (χ0) is 18.1. The van der Waals surface area contributed by atoms with E-state index in [1.54, 1.807) is 13.0 Å². The van der Waals surface area contributed by atoms with Gasteiger partial charge in [-0.25, -0.2) is 4.39 Å². The number of ketones is 1. The molecule has 2 heteroatoms. The van der Waals surface area contributed by atoms with Crippen LogP contribution in [-0.2, 0) is 0 Å². The van der Waals surface area contributed by atoms with E-state index in [1.807, 2.05) is 30.3 Å². The Morgan fingerprint density at radius 2 is 1.76 bits per heavy atom. The maximum absolute atomic E-state index is 13.8. The van der Waals surface area contributed by atoms with E-state index in [-0.39, 0.29) is 11.6 Å². The van der Waals surface area contributed by atoms with Crippen molar-refractivity contribution in [1.82, 2.24) is 0 Å². The van der Waals surface area contributed by atoms with Gasteiger partial charge in [0.15, 0.2) is 5.78 Å². The van der Waals surface area contributed by atoms with Crippen molar-refractivity contribution in [2.24, 2.45) is 5.92 Å². The van der Waals surface area contributed by atoms with Crippen molar-refractivity contribution in [3.63, 3.8) is 0 Å². The molecule has 0 aromatic heterocycles. The second-order valence-corrected chi connectivity index (χ2v) is 7.13. The molecule has 0 N–H and O–H groups in total. The Bertz CT molecular complexity index is 883. The average Bonchev–Trinajstić information content (AvgIpc) is 2.80. The van der Waals surface area contributed by atoms with Gasteiger partial charge in [-0.05, 0) is 77.8 Å². The fourth-order valence-electron chi connectivity index (χ4n) is 3.41. The van der Waals surface area contributed by atoms with Gasteiger partial charge in [-0.3, -0.25) is 4.79 Å². The van der Waals surface area contributed by atoms with Gasteiger partial charge in [0.05, 0.1) is 0 Å². The highest BCUT2D eigenvalue weighted by atomic mass is 19.1. The van der Waals surface area contributed by atoms with Crippen molar-refractivity contribution < 1.29 is 9.18 Å². The standard InChI is InChI=1S/C23H23FO/c1-14(2)11-21-15(3)22(20-10-9-19(24)13-23(20)21)12-17-5-7-18(8-6-17)16(4)25/h5-10,12-14H,11H2,1-4H3/b22-12-. The molecule has 0 aliphatic heterocycles. The number of fused-ring (bicyclic) bond motifs is 1. The maximum atomic E-state index is 13.8. The van der Waals surface area contributed by atoms with Gasteiger partial charge < -0.3 is 0 Å². The van der Waals surface area contributed by atoms with Crippen molar-refractivity contribution in [3.05, 3.63) is 76.1 Å². The first-order valence-electron chi connectivity index (χ1n) is 8.70. The first-order valence-corrected chi connectivity index (χ1v) is 8.70. The van der Waals surface area contributed by atoms with Crippen molar-refractivity contribution in [2.75, 3.05) is 0 Å². The lowest BCUT2D eigenvalue weighted by Gasteiger charge is -2.09. The van der Waals surface area contributed by atoms with Crippen LogP contribution in [-0.4, -0.2) is 5.78 Å². The second-order valence-electron chi connectivity index (χ2n) is 7.13.